The number of aldehydes is 1. The lowest BCUT2D eigenvalue weighted by molar-refractivity contribution is -0.110. The largest absolute Gasteiger partial charge is 0.478 e. The van der Waals surface area contributed by atoms with E-state index in [0.717, 1.165) is 17.8 Å². The van der Waals surface area contributed by atoms with Crippen molar-refractivity contribution in [3.63, 3.8) is 0 Å². The molecule has 7 nitrogen and oxygen atoms in total. The molecular weight excluding hydrogens is 471 g/mol. The Balaban J connectivity index is 1.97. The third kappa shape index (κ3) is 4.09. The second-order valence-electron chi connectivity index (χ2n) is 7.51. The summed E-state index contributed by atoms with van der Waals surface area (Å²) in [5.74, 6) is -2.33. The van der Waals surface area contributed by atoms with Crippen molar-refractivity contribution in [2.75, 3.05) is 18.5 Å². The van der Waals surface area contributed by atoms with Crippen molar-refractivity contribution in [1.82, 2.24) is 4.31 Å². The summed E-state index contributed by atoms with van der Waals surface area (Å²) in [6.45, 7) is 0.141. The smallest absolute Gasteiger partial charge is 0.338 e. The summed E-state index contributed by atoms with van der Waals surface area (Å²) < 4.78 is 37.5. The summed E-state index contributed by atoms with van der Waals surface area (Å²) in [5, 5.41) is 9.47. The number of fused-ring (bicyclic) bond motifs is 1. The van der Waals surface area contributed by atoms with Crippen LogP contribution in [-0.2, 0) is 4.79 Å². The Hall–Kier alpha value is -2.95. The third-order valence-corrected chi connectivity index (χ3v) is 7.91. The highest BCUT2D eigenvalue weighted by Gasteiger charge is 2.38. The second kappa shape index (κ2) is 8.77. The van der Waals surface area contributed by atoms with Crippen molar-refractivity contribution >= 4 is 46.0 Å². The van der Waals surface area contributed by atoms with Crippen LogP contribution in [0, 0.1) is 5.82 Å². The molecule has 3 N–H and O–H groups in total. The molecule has 0 saturated heterocycles. The van der Waals surface area contributed by atoms with Crippen molar-refractivity contribution in [3.8, 4) is 11.1 Å². The molecule has 0 aromatic heterocycles. The lowest BCUT2D eigenvalue weighted by Gasteiger charge is -2.41. The van der Waals surface area contributed by atoms with Gasteiger partial charge in [0.25, 0.3) is 0 Å². The number of likely N-dealkylation sites (N-methyl/N-ethyl adjacent to an activating group) is 1. The van der Waals surface area contributed by atoms with E-state index >= 15 is 0 Å². The summed E-state index contributed by atoms with van der Waals surface area (Å²) in [6.07, 6.45) is 0.650. The average Bonchev–Trinajstić information content (AvgIpc) is 2.87. The SMILES string of the molecule is CN1C(C=O)CN(c2ccccc2)c2cc(Cl)c(-c3ccc(F)c(C(=O)O)c3)cc2S1(O)O. The lowest BCUT2D eigenvalue weighted by atomic mass is 10.0. The molecule has 1 heterocycles. The number of hydrogen-bond donors (Lipinski definition) is 3. The number of carbonyl (C=O) groups excluding carboxylic acids is 1. The molecular formula is C23H20ClFN2O5S. The molecule has 1 aliphatic heterocycles. The fourth-order valence-electron chi connectivity index (χ4n) is 3.78. The summed E-state index contributed by atoms with van der Waals surface area (Å²) in [4.78, 5) is 25.1. The summed E-state index contributed by atoms with van der Waals surface area (Å²) in [7, 11) is -2.18. The van der Waals surface area contributed by atoms with Crippen LogP contribution in [0.15, 0.2) is 65.6 Å². The maximum absolute atomic E-state index is 13.9. The van der Waals surface area contributed by atoms with Crippen LogP contribution in [0.25, 0.3) is 11.1 Å². The van der Waals surface area contributed by atoms with Gasteiger partial charge in [-0.1, -0.05) is 35.9 Å². The Morgan fingerprint density at radius 3 is 2.48 bits per heavy atom. The van der Waals surface area contributed by atoms with Crippen molar-refractivity contribution in [3.05, 3.63) is 77.1 Å². The van der Waals surface area contributed by atoms with Gasteiger partial charge < -0.3 is 14.8 Å². The van der Waals surface area contributed by atoms with Gasteiger partial charge in [0.15, 0.2) is 0 Å². The normalized spacial score (nSPS) is 18.8. The summed E-state index contributed by atoms with van der Waals surface area (Å²) in [6, 6.07) is 14.8. The van der Waals surface area contributed by atoms with E-state index in [2.05, 4.69) is 0 Å². The molecule has 172 valence electrons. The van der Waals surface area contributed by atoms with Crippen molar-refractivity contribution in [2.45, 2.75) is 10.9 Å². The molecule has 1 aliphatic rings. The standard InChI is InChI=1S/C23H20ClFN2O5S/c1-26-16(13-28)12-27(15-5-3-2-4-6-15)21-11-19(24)17(10-22(21)33(26,31)32)14-7-8-20(25)18(9-14)23(29)30/h2-11,13,16,31-32H,12H2,1H3,(H,29,30). The highest BCUT2D eigenvalue weighted by molar-refractivity contribution is 8.22. The zero-order chi connectivity index (χ0) is 23.9. The first kappa shape index (κ1) is 23.2. The van der Waals surface area contributed by atoms with Crippen LogP contribution >= 0.6 is 22.4 Å². The number of para-hydroxylation sites is 1. The minimum atomic E-state index is -3.63. The van der Waals surface area contributed by atoms with Crippen LogP contribution < -0.4 is 4.90 Å². The van der Waals surface area contributed by atoms with Crippen LogP contribution in [0.3, 0.4) is 0 Å². The molecule has 0 amide bonds. The molecule has 0 spiro atoms. The first-order valence-electron chi connectivity index (χ1n) is 9.81. The van der Waals surface area contributed by atoms with Crippen LogP contribution in [0.4, 0.5) is 15.8 Å². The molecule has 33 heavy (non-hydrogen) atoms. The number of carboxylic acid groups (broad SMARTS) is 1. The predicted octanol–water partition coefficient (Wildman–Crippen LogP) is 5.52. The number of hydrogen-bond acceptors (Lipinski definition) is 6. The van der Waals surface area contributed by atoms with Crippen LogP contribution in [-0.4, -0.2) is 50.4 Å². The highest BCUT2D eigenvalue weighted by Crippen LogP contribution is 2.59. The van der Waals surface area contributed by atoms with Crippen LogP contribution in [0.2, 0.25) is 5.02 Å². The monoisotopic (exact) mass is 490 g/mol. The van der Waals surface area contributed by atoms with E-state index in [4.69, 9.17) is 11.6 Å². The van der Waals surface area contributed by atoms with Crippen molar-refractivity contribution < 1.29 is 28.2 Å². The Kier molecular flexibility index (Phi) is 6.17. The fraction of sp³-hybridized carbons (Fsp3) is 0.130. The molecule has 0 saturated carbocycles. The number of anilines is 2. The van der Waals surface area contributed by atoms with Gasteiger partial charge in [-0.25, -0.2) is 9.18 Å². The van der Waals surface area contributed by atoms with Crippen LogP contribution in [0.5, 0.6) is 0 Å². The van der Waals surface area contributed by atoms with Gasteiger partial charge in [0.1, 0.15) is 18.1 Å². The second-order valence-corrected chi connectivity index (χ2v) is 9.97. The maximum Gasteiger partial charge on any atom is 0.338 e. The van der Waals surface area contributed by atoms with E-state index in [1.54, 1.807) is 4.90 Å². The molecule has 10 heteroatoms. The quantitative estimate of drug-likeness (QED) is 0.414. The zero-order valence-corrected chi connectivity index (χ0v) is 18.9. The number of halogens is 2. The van der Waals surface area contributed by atoms with Gasteiger partial charge in [-0.05, 0) is 42.0 Å². The number of rotatable bonds is 4. The molecule has 0 radical (unpaired) electrons. The number of benzene rings is 3. The Bertz CT molecular complexity index is 1240. The minimum Gasteiger partial charge on any atom is -0.478 e. The fourth-order valence-corrected chi connectivity index (χ4v) is 5.57. The molecule has 3 aromatic rings. The third-order valence-electron chi connectivity index (χ3n) is 5.61. The topological polar surface area (TPSA) is 101 Å². The van der Waals surface area contributed by atoms with Crippen molar-refractivity contribution in [2.24, 2.45) is 0 Å². The van der Waals surface area contributed by atoms with Gasteiger partial charge in [0, 0.05) is 24.8 Å². The number of carboxylic acids is 1. The van der Waals surface area contributed by atoms with Gasteiger partial charge in [-0.15, -0.1) is 10.8 Å². The Labute approximate surface area is 196 Å². The predicted molar refractivity (Wildman–Crippen MR) is 126 cm³/mol. The first-order chi connectivity index (χ1) is 15.6. The van der Waals surface area contributed by atoms with Gasteiger partial charge in [-0.3, -0.25) is 9.11 Å². The van der Waals surface area contributed by atoms with E-state index in [9.17, 15) is 28.2 Å². The van der Waals surface area contributed by atoms with Crippen molar-refractivity contribution in [1.29, 1.82) is 0 Å². The number of carbonyl (C=O) groups is 2. The van der Waals surface area contributed by atoms with Gasteiger partial charge in [0.05, 0.1) is 21.2 Å². The van der Waals surface area contributed by atoms with E-state index in [-0.39, 0.29) is 16.5 Å². The lowest BCUT2D eigenvalue weighted by Crippen LogP contribution is -2.40. The highest BCUT2D eigenvalue weighted by atomic mass is 35.5. The van der Waals surface area contributed by atoms with E-state index in [1.807, 2.05) is 30.3 Å². The Morgan fingerprint density at radius 1 is 1.15 bits per heavy atom. The molecule has 1 atom stereocenters. The maximum atomic E-state index is 13.9. The van der Waals surface area contributed by atoms with Gasteiger partial charge >= 0.3 is 5.97 Å². The minimum absolute atomic E-state index is 0.110. The van der Waals surface area contributed by atoms with E-state index < -0.39 is 34.2 Å². The molecule has 1 unspecified atom stereocenters. The number of nitrogens with zero attached hydrogens (tertiary/aromatic N) is 2. The first-order valence-corrected chi connectivity index (χ1v) is 11.7. The van der Waals surface area contributed by atoms with E-state index in [0.29, 0.717) is 23.1 Å². The molecule has 0 bridgehead atoms. The van der Waals surface area contributed by atoms with Gasteiger partial charge in [-0.2, -0.15) is 4.31 Å². The van der Waals surface area contributed by atoms with Crippen LogP contribution in [0.1, 0.15) is 10.4 Å². The average molecular weight is 491 g/mol. The molecule has 0 fully saturated rings. The molecule has 3 aromatic carbocycles. The summed E-state index contributed by atoms with van der Waals surface area (Å²) >= 11 is 6.57. The molecule has 4 rings (SSSR count). The zero-order valence-electron chi connectivity index (χ0n) is 17.4. The summed E-state index contributed by atoms with van der Waals surface area (Å²) in [5.41, 5.74) is 1.17. The van der Waals surface area contributed by atoms with Gasteiger partial charge in [0.2, 0.25) is 0 Å². The van der Waals surface area contributed by atoms with E-state index in [1.165, 1.54) is 29.6 Å². The Morgan fingerprint density at radius 2 is 1.85 bits per heavy atom. The molecule has 0 aliphatic carbocycles. The number of aromatic carboxylic acids is 1.